The number of benzene rings is 1. The van der Waals surface area contributed by atoms with Gasteiger partial charge in [-0.25, -0.2) is 4.98 Å². The van der Waals surface area contributed by atoms with Crippen molar-refractivity contribution >= 4 is 65.6 Å². The highest BCUT2D eigenvalue weighted by Crippen LogP contribution is 2.34. The van der Waals surface area contributed by atoms with Gasteiger partial charge in [0.25, 0.3) is 5.91 Å². The molecule has 1 amide bonds. The monoisotopic (exact) mass is 432 g/mol. The van der Waals surface area contributed by atoms with Crippen molar-refractivity contribution < 1.29 is 4.79 Å². The van der Waals surface area contributed by atoms with E-state index in [0.717, 1.165) is 18.9 Å². The molecule has 0 unspecified atom stereocenters. The highest BCUT2D eigenvalue weighted by Gasteiger charge is 2.34. The zero-order chi connectivity index (χ0) is 17.6. The Morgan fingerprint density at radius 3 is 2.64 bits per heavy atom. The normalized spacial score (nSPS) is 16.1. The average Bonchev–Trinajstić information content (AvgIpc) is 3.25. The number of rotatable bonds is 3. The van der Waals surface area contributed by atoms with E-state index in [9.17, 15) is 4.79 Å². The molecular formula is C17H13BrN4OS2. The second kappa shape index (κ2) is 6.36. The number of amides is 1. The molecule has 0 atom stereocenters. The van der Waals surface area contributed by atoms with Gasteiger partial charge in [0, 0.05) is 20.3 Å². The molecule has 0 aliphatic carbocycles. The van der Waals surface area contributed by atoms with Crippen molar-refractivity contribution in [3.63, 3.8) is 0 Å². The highest BCUT2D eigenvalue weighted by atomic mass is 79.9. The first-order chi connectivity index (χ1) is 12.0. The van der Waals surface area contributed by atoms with Crippen LogP contribution in [-0.4, -0.2) is 35.6 Å². The Labute approximate surface area is 161 Å². The molecule has 0 saturated carbocycles. The molecule has 0 spiro atoms. The van der Waals surface area contributed by atoms with Gasteiger partial charge in [-0.2, -0.15) is 10.1 Å². The van der Waals surface area contributed by atoms with E-state index in [0.29, 0.717) is 16.4 Å². The molecule has 0 bridgehead atoms. The number of hydrogen-bond acceptors (Lipinski definition) is 6. The molecule has 5 nitrogen and oxygen atoms in total. The Balaban J connectivity index is 1.82. The van der Waals surface area contributed by atoms with Crippen LogP contribution in [0.2, 0.25) is 0 Å². The van der Waals surface area contributed by atoms with E-state index in [1.165, 1.54) is 16.3 Å². The van der Waals surface area contributed by atoms with Crippen molar-refractivity contribution in [3.8, 4) is 0 Å². The number of thiazole rings is 1. The lowest BCUT2D eigenvalue weighted by atomic mass is 10.1. The summed E-state index contributed by atoms with van der Waals surface area (Å²) in [5, 5.41) is 6.59. The number of anilines is 1. The Hall–Kier alpha value is -2.03. The predicted molar refractivity (Wildman–Crippen MR) is 107 cm³/mol. The van der Waals surface area contributed by atoms with Crippen LogP contribution in [0.5, 0.6) is 0 Å². The number of hydrogen-bond donors (Lipinski definition) is 0. The molecule has 126 valence electrons. The second-order valence-electron chi connectivity index (χ2n) is 5.64. The van der Waals surface area contributed by atoms with Crippen LogP contribution >= 0.6 is 38.6 Å². The van der Waals surface area contributed by atoms with Crippen LogP contribution in [0.3, 0.4) is 0 Å². The van der Waals surface area contributed by atoms with Gasteiger partial charge >= 0.3 is 0 Å². The minimum atomic E-state index is -0.160. The Morgan fingerprint density at radius 2 is 1.96 bits per heavy atom. The van der Waals surface area contributed by atoms with Crippen LogP contribution in [-0.2, 0) is 4.79 Å². The smallest absolute Gasteiger partial charge is 0.284 e. The van der Waals surface area contributed by atoms with Gasteiger partial charge in [0.05, 0.1) is 24.5 Å². The minimum Gasteiger partial charge on any atom is -0.383 e. The first kappa shape index (κ1) is 16.4. The van der Waals surface area contributed by atoms with Gasteiger partial charge in [-0.05, 0) is 40.2 Å². The van der Waals surface area contributed by atoms with E-state index in [4.69, 9.17) is 0 Å². The molecule has 3 aromatic rings. The summed E-state index contributed by atoms with van der Waals surface area (Å²) in [6.07, 6.45) is 1.81. The van der Waals surface area contributed by atoms with Gasteiger partial charge in [0.15, 0.2) is 0 Å². The van der Waals surface area contributed by atoms with Crippen molar-refractivity contribution in [3.05, 3.63) is 56.8 Å². The molecule has 3 heterocycles. The van der Waals surface area contributed by atoms with Crippen LogP contribution in [0.1, 0.15) is 4.88 Å². The fraction of sp³-hybridized carbons (Fsp3) is 0.118. The van der Waals surface area contributed by atoms with Gasteiger partial charge in [0.1, 0.15) is 5.71 Å². The summed E-state index contributed by atoms with van der Waals surface area (Å²) in [7, 11) is 3.78. The maximum atomic E-state index is 13.0. The number of carbonyl (C=O) groups excluding carboxylic acids is 1. The third-order valence-electron chi connectivity index (χ3n) is 3.54. The Bertz CT molecular complexity index is 1000. The lowest BCUT2D eigenvalue weighted by Crippen LogP contribution is -2.22. The Morgan fingerprint density at radius 1 is 1.16 bits per heavy atom. The SMILES string of the molecule is CN(C)/C=C1/C(=O)N(c2nc3ccccc3s2)N=C1c1ccc(Br)s1. The fourth-order valence-electron chi connectivity index (χ4n) is 2.49. The second-order valence-corrected chi connectivity index (χ2v) is 9.11. The topological polar surface area (TPSA) is 48.8 Å². The zero-order valence-electron chi connectivity index (χ0n) is 13.4. The molecule has 0 radical (unpaired) electrons. The van der Waals surface area contributed by atoms with Gasteiger partial charge in [-0.15, -0.1) is 11.3 Å². The molecule has 0 N–H and O–H groups in total. The van der Waals surface area contributed by atoms with E-state index in [1.807, 2.05) is 61.6 Å². The van der Waals surface area contributed by atoms with E-state index < -0.39 is 0 Å². The van der Waals surface area contributed by atoms with E-state index in [-0.39, 0.29) is 5.91 Å². The lowest BCUT2D eigenvalue weighted by molar-refractivity contribution is -0.114. The predicted octanol–water partition coefficient (Wildman–Crippen LogP) is 4.32. The molecular weight excluding hydrogens is 420 g/mol. The first-order valence-electron chi connectivity index (χ1n) is 7.46. The number of aromatic nitrogens is 1. The maximum Gasteiger partial charge on any atom is 0.284 e. The maximum absolute atomic E-state index is 13.0. The largest absolute Gasteiger partial charge is 0.383 e. The number of fused-ring (bicyclic) bond motifs is 1. The van der Waals surface area contributed by atoms with Gasteiger partial charge in [-0.3, -0.25) is 4.79 Å². The minimum absolute atomic E-state index is 0.160. The molecule has 0 fully saturated rings. The molecule has 25 heavy (non-hydrogen) atoms. The van der Waals surface area contributed by atoms with Crippen LogP contribution < -0.4 is 5.01 Å². The highest BCUT2D eigenvalue weighted by molar-refractivity contribution is 9.11. The standard InChI is InChI=1S/C17H13BrN4OS2/c1-21(2)9-10-15(13-7-8-14(18)24-13)20-22(16(10)23)17-19-11-5-3-4-6-12(11)25-17/h3-9H,1-2H3/b10-9+. The molecule has 4 rings (SSSR count). The number of halogens is 1. The van der Waals surface area contributed by atoms with E-state index >= 15 is 0 Å². The van der Waals surface area contributed by atoms with Crippen LogP contribution in [0.15, 0.2) is 57.1 Å². The van der Waals surface area contributed by atoms with Crippen LogP contribution in [0, 0.1) is 0 Å². The number of hydrazone groups is 1. The van der Waals surface area contributed by atoms with E-state index in [2.05, 4.69) is 26.0 Å². The summed E-state index contributed by atoms with van der Waals surface area (Å²) < 4.78 is 2.03. The van der Waals surface area contributed by atoms with Crippen molar-refractivity contribution in [2.75, 3.05) is 19.1 Å². The zero-order valence-corrected chi connectivity index (χ0v) is 16.7. The summed E-state index contributed by atoms with van der Waals surface area (Å²) in [5.41, 5.74) is 2.11. The summed E-state index contributed by atoms with van der Waals surface area (Å²) in [4.78, 5) is 20.3. The van der Waals surface area contributed by atoms with Crippen molar-refractivity contribution in [2.45, 2.75) is 0 Å². The average molecular weight is 433 g/mol. The molecule has 2 aromatic heterocycles. The number of carbonyl (C=O) groups is 1. The van der Waals surface area contributed by atoms with E-state index in [1.54, 1.807) is 11.3 Å². The molecule has 8 heteroatoms. The van der Waals surface area contributed by atoms with Crippen LogP contribution in [0.25, 0.3) is 10.2 Å². The number of thiophene rings is 1. The summed E-state index contributed by atoms with van der Waals surface area (Å²) in [6, 6.07) is 11.8. The summed E-state index contributed by atoms with van der Waals surface area (Å²) in [6.45, 7) is 0. The quantitative estimate of drug-likeness (QED) is 0.579. The van der Waals surface area contributed by atoms with Crippen LogP contribution in [0.4, 0.5) is 5.13 Å². The van der Waals surface area contributed by atoms with Crippen molar-refractivity contribution in [2.24, 2.45) is 5.10 Å². The Kier molecular flexibility index (Phi) is 4.18. The van der Waals surface area contributed by atoms with Gasteiger partial charge in [0.2, 0.25) is 5.13 Å². The number of nitrogens with zero attached hydrogens (tertiary/aromatic N) is 4. The lowest BCUT2D eigenvalue weighted by Gasteiger charge is -2.08. The molecule has 0 saturated heterocycles. The van der Waals surface area contributed by atoms with Gasteiger partial charge < -0.3 is 4.90 Å². The summed E-state index contributed by atoms with van der Waals surface area (Å²) in [5.74, 6) is -0.160. The fourth-order valence-corrected chi connectivity index (χ4v) is 4.79. The third-order valence-corrected chi connectivity index (χ3v) is 6.18. The third kappa shape index (κ3) is 3.01. The molecule has 1 aliphatic rings. The molecule has 1 aliphatic heterocycles. The van der Waals surface area contributed by atoms with Crippen molar-refractivity contribution in [1.29, 1.82) is 0 Å². The first-order valence-corrected chi connectivity index (χ1v) is 9.88. The van der Waals surface area contributed by atoms with Gasteiger partial charge in [-0.1, -0.05) is 23.5 Å². The van der Waals surface area contributed by atoms with Crippen molar-refractivity contribution in [1.82, 2.24) is 9.88 Å². The number of para-hydroxylation sites is 1. The summed E-state index contributed by atoms with van der Waals surface area (Å²) >= 11 is 6.49. The molecule has 1 aromatic carbocycles.